The Morgan fingerprint density at radius 1 is 1.52 bits per heavy atom. The van der Waals surface area contributed by atoms with Crippen molar-refractivity contribution in [1.82, 2.24) is 9.38 Å². The van der Waals surface area contributed by atoms with Gasteiger partial charge in [0.1, 0.15) is 6.10 Å². The van der Waals surface area contributed by atoms with Crippen LogP contribution >= 0.6 is 23.4 Å². The minimum absolute atomic E-state index is 0.00477. The van der Waals surface area contributed by atoms with E-state index in [0.717, 1.165) is 11.4 Å². The Morgan fingerprint density at radius 2 is 2.30 bits per heavy atom. The zero-order valence-electron chi connectivity index (χ0n) is 12.4. The molecule has 0 radical (unpaired) electrons. The van der Waals surface area contributed by atoms with Crippen molar-refractivity contribution in [2.45, 2.75) is 37.1 Å². The number of hydrogen-bond donors (Lipinski definition) is 0. The standard InChI is InChI=1S/C14H14ClN3O4S/c1-14(2)21-10-6-23-12(11(10)22-14)9-4-16-13-8(18(19)20)3-7(15)5-17(9)13/h3-5,10-12H,6H2,1-2H3/t10-,11-,12+/m1/s1. The number of thioether (sulfide) groups is 1. The summed E-state index contributed by atoms with van der Waals surface area (Å²) < 4.78 is 13.6. The number of aromatic nitrogens is 2. The molecule has 0 aliphatic carbocycles. The van der Waals surface area contributed by atoms with E-state index in [1.54, 1.807) is 28.6 Å². The van der Waals surface area contributed by atoms with Crippen LogP contribution in [0.2, 0.25) is 5.02 Å². The van der Waals surface area contributed by atoms with E-state index >= 15 is 0 Å². The van der Waals surface area contributed by atoms with Crippen molar-refractivity contribution >= 4 is 34.7 Å². The second-order valence-electron chi connectivity index (χ2n) is 6.07. The molecule has 9 heteroatoms. The molecule has 0 unspecified atom stereocenters. The highest BCUT2D eigenvalue weighted by Crippen LogP contribution is 2.49. The molecule has 2 aliphatic heterocycles. The van der Waals surface area contributed by atoms with Gasteiger partial charge >= 0.3 is 5.69 Å². The van der Waals surface area contributed by atoms with Crippen molar-refractivity contribution in [2.75, 3.05) is 5.75 Å². The molecule has 7 nitrogen and oxygen atoms in total. The summed E-state index contributed by atoms with van der Waals surface area (Å²) in [5.74, 6) is 0.202. The number of nitrogens with zero attached hydrogens (tertiary/aromatic N) is 3. The summed E-state index contributed by atoms with van der Waals surface area (Å²) in [6.45, 7) is 3.78. The van der Waals surface area contributed by atoms with Gasteiger partial charge in [-0.1, -0.05) is 11.6 Å². The van der Waals surface area contributed by atoms with Gasteiger partial charge in [0, 0.05) is 18.0 Å². The third kappa shape index (κ3) is 2.40. The van der Waals surface area contributed by atoms with E-state index in [4.69, 9.17) is 21.1 Å². The lowest BCUT2D eigenvalue weighted by atomic mass is 10.1. The van der Waals surface area contributed by atoms with Crippen LogP contribution in [0.1, 0.15) is 24.8 Å². The second-order valence-corrected chi connectivity index (χ2v) is 7.68. The normalized spacial score (nSPS) is 29.1. The Bertz CT molecular complexity index is 809. The van der Waals surface area contributed by atoms with E-state index in [2.05, 4.69) is 4.98 Å². The van der Waals surface area contributed by atoms with Crippen LogP contribution in [0.25, 0.3) is 5.65 Å². The van der Waals surface area contributed by atoms with Crippen LogP contribution in [-0.4, -0.2) is 38.1 Å². The van der Waals surface area contributed by atoms with Crippen molar-refractivity contribution in [3.05, 3.63) is 39.3 Å². The Kier molecular flexibility index (Phi) is 3.35. The molecule has 2 saturated heterocycles. The number of imidazole rings is 1. The summed E-state index contributed by atoms with van der Waals surface area (Å²) in [5, 5.41) is 11.5. The smallest absolute Gasteiger partial charge is 0.313 e. The Morgan fingerprint density at radius 3 is 3.04 bits per heavy atom. The Balaban J connectivity index is 1.80. The molecule has 0 amide bonds. The van der Waals surface area contributed by atoms with Crippen molar-refractivity contribution < 1.29 is 14.4 Å². The highest BCUT2D eigenvalue weighted by Gasteiger charge is 2.50. The van der Waals surface area contributed by atoms with Crippen LogP contribution in [0.3, 0.4) is 0 Å². The Hall–Kier alpha value is -1.35. The van der Waals surface area contributed by atoms with E-state index in [-0.39, 0.29) is 28.8 Å². The van der Waals surface area contributed by atoms with Crippen molar-refractivity contribution in [2.24, 2.45) is 0 Å². The number of fused-ring (bicyclic) bond motifs is 2. The fraction of sp³-hybridized carbons (Fsp3) is 0.500. The molecular formula is C14H14ClN3O4S. The quantitative estimate of drug-likeness (QED) is 0.608. The molecule has 0 aromatic carbocycles. The molecule has 3 atom stereocenters. The first-order valence-electron chi connectivity index (χ1n) is 7.14. The molecular weight excluding hydrogens is 342 g/mol. The first kappa shape index (κ1) is 15.2. The maximum atomic E-state index is 11.2. The van der Waals surface area contributed by atoms with Gasteiger partial charge < -0.3 is 9.47 Å². The first-order valence-corrected chi connectivity index (χ1v) is 8.56. The van der Waals surface area contributed by atoms with Gasteiger partial charge in [-0.25, -0.2) is 4.98 Å². The van der Waals surface area contributed by atoms with Gasteiger partial charge in [-0.3, -0.25) is 14.5 Å². The fourth-order valence-electron chi connectivity index (χ4n) is 3.20. The molecule has 0 spiro atoms. The third-order valence-corrected chi connectivity index (χ3v) is 5.63. The second kappa shape index (κ2) is 5.07. The molecule has 0 saturated carbocycles. The number of pyridine rings is 1. The largest absolute Gasteiger partial charge is 0.344 e. The fourth-order valence-corrected chi connectivity index (χ4v) is 4.82. The van der Waals surface area contributed by atoms with E-state index < -0.39 is 10.7 Å². The Labute approximate surface area is 141 Å². The average molecular weight is 356 g/mol. The molecule has 23 heavy (non-hydrogen) atoms. The van der Waals surface area contributed by atoms with Crippen molar-refractivity contribution in [1.29, 1.82) is 0 Å². The maximum absolute atomic E-state index is 11.2. The summed E-state index contributed by atoms with van der Waals surface area (Å²) in [7, 11) is 0. The molecule has 2 aromatic heterocycles. The van der Waals surface area contributed by atoms with Crippen LogP contribution in [0.5, 0.6) is 0 Å². The average Bonchev–Trinajstić information content (AvgIpc) is 3.09. The summed E-state index contributed by atoms with van der Waals surface area (Å²) >= 11 is 7.75. The van der Waals surface area contributed by atoms with E-state index in [9.17, 15) is 10.1 Å². The summed E-state index contributed by atoms with van der Waals surface area (Å²) in [6, 6.07) is 1.32. The molecule has 122 valence electrons. The molecule has 0 bridgehead atoms. The zero-order chi connectivity index (χ0) is 16.4. The van der Waals surface area contributed by atoms with Gasteiger partial charge in [0.05, 0.1) is 33.2 Å². The number of nitro groups is 1. The van der Waals surface area contributed by atoms with Crippen molar-refractivity contribution in [3.63, 3.8) is 0 Å². The molecule has 0 N–H and O–H groups in total. The number of ether oxygens (including phenoxy) is 2. The molecule has 4 heterocycles. The number of hydrogen-bond acceptors (Lipinski definition) is 6. The topological polar surface area (TPSA) is 78.9 Å². The molecule has 2 aliphatic rings. The van der Waals surface area contributed by atoms with E-state index in [0.29, 0.717) is 5.02 Å². The predicted molar refractivity (Wildman–Crippen MR) is 85.9 cm³/mol. The van der Waals surface area contributed by atoms with E-state index in [1.807, 2.05) is 13.8 Å². The van der Waals surface area contributed by atoms with Gasteiger partial charge in [0.25, 0.3) is 0 Å². The lowest BCUT2D eigenvalue weighted by Gasteiger charge is -2.21. The summed E-state index contributed by atoms with van der Waals surface area (Å²) in [6.07, 6.45) is 3.22. The van der Waals surface area contributed by atoms with Crippen LogP contribution in [0, 0.1) is 10.1 Å². The SMILES string of the molecule is CC1(C)O[C@@H]2[C@@H](CS[C@H]2c2cnc3c([N+](=O)[O-])cc(Cl)cn23)O1. The highest BCUT2D eigenvalue weighted by atomic mass is 35.5. The van der Waals surface area contributed by atoms with Crippen LogP contribution < -0.4 is 0 Å². The number of halogens is 1. The lowest BCUT2D eigenvalue weighted by Crippen LogP contribution is -2.24. The van der Waals surface area contributed by atoms with Gasteiger partial charge in [0.2, 0.25) is 5.65 Å². The maximum Gasteiger partial charge on any atom is 0.313 e. The molecule has 2 fully saturated rings. The monoisotopic (exact) mass is 355 g/mol. The van der Waals surface area contributed by atoms with Gasteiger partial charge in [-0.15, -0.1) is 11.8 Å². The summed E-state index contributed by atoms with van der Waals surface area (Å²) in [5.41, 5.74) is 1.02. The zero-order valence-corrected chi connectivity index (χ0v) is 14.0. The van der Waals surface area contributed by atoms with Gasteiger partial charge in [-0.05, 0) is 13.8 Å². The molecule has 2 aromatic rings. The van der Waals surface area contributed by atoms with Gasteiger partial charge in [0.15, 0.2) is 5.79 Å². The highest BCUT2D eigenvalue weighted by molar-refractivity contribution is 7.99. The number of rotatable bonds is 2. The first-order chi connectivity index (χ1) is 10.9. The van der Waals surface area contributed by atoms with E-state index in [1.165, 1.54) is 6.07 Å². The van der Waals surface area contributed by atoms with Crippen LogP contribution in [-0.2, 0) is 9.47 Å². The summed E-state index contributed by atoms with van der Waals surface area (Å²) in [4.78, 5) is 15.0. The molecule has 4 rings (SSSR count). The van der Waals surface area contributed by atoms with Gasteiger partial charge in [-0.2, -0.15) is 0 Å². The van der Waals surface area contributed by atoms with Crippen LogP contribution in [0.15, 0.2) is 18.5 Å². The van der Waals surface area contributed by atoms with Crippen LogP contribution in [0.4, 0.5) is 5.69 Å². The predicted octanol–water partition coefficient (Wildman–Crippen LogP) is 3.20. The minimum atomic E-state index is -0.612. The lowest BCUT2D eigenvalue weighted by molar-refractivity contribution is -0.383. The third-order valence-electron chi connectivity index (χ3n) is 4.03. The minimum Gasteiger partial charge on any atom is -0.344 e. The van der Waals surface area contributed by atoms with Crippen molar-refractivity contribution in [3.8, 4) is 0 Å².